The van der Waals surface area contributed by atoms with Crippen LogP contribution in [0.5, 0.6) is 0 Å². The number of methoxy groups -OCH3 is 1. The number of allylic oxidation sites excluding steroid dienone is 1. The molecule has 29 unspecified atom stereocenters. The quantitative estimate of drug-likeness (QED) is 0.0571. The summed E-state index contributed by atoms with van der Waals surface area (Å²) in [5.74, 6) is 0.629. The first-order valence-electron chi connectivity index (χ1n) is 27.6. The lowest BCUT2D eigenvalue weighted by Crippen LogP contribution is -2.66. The van der Waals surface area contributed by atoms with Gasteiger partial charge >= 0.3 is 0 Å². The molecular formula is C53H90O22. The van der Waals surface area contributed by atoms with Crippen molar-refractivity contribution in [3.63, 3.8) is 0 Å². The molecule has 22 heteroatoms. The summed E-state index contributed by atoms with van der Waals surface area (Å²) >= 11 is 0. The molecule has 75 heavy (non-hydrogen) atoms. The van der Waals surface area contributed by atoms with Gasteiger partial charge in [-0.2, -0.15) is 0 Å². The van der Waals surface area contributed by atoms with E-state index < -0.39 is 148 Å². The smallest absolute Gasteiger partial charge is 0.187 e. The minimum atomic E-state index is -1.74. The fourth-order valence-electron chi connectivity index (χ4n) is 14.5. The van der Waals surface area contributed by atoms with Gasteiger partial charge in [0.15, 0.2) is 30.9 Å². The largest absolute Gasteiger partial charge is 0.394 e. The normalized spacial score (nSPS) is 50.5. The van der Waals surface area contributed by atoms with E-state index in [1.807, 2.05) is 13.8 Å². The molecule has 0 amide bonds. The van der Waals surface area contributed by atoms with Crippen LogP contribution < -0.4 is 0 Å². The van der Waals surface area contributed by atoms with Crippen LogP contribution in [0.25, 0.3) is 0 Å². The Balaban J connectivity index is 0.941. The fourth-order valence-corrected chi connectivity index (χ4v) is 14.5. The van der Waals surface area contributed by atoms with E-state index in [9.17, 15) is 61.3 Å². The summed E-state index contributed by atoms with van der Waals surface area (Å²) < 4.78 is 61.9. The number of aliphatic hydroxyl groups is 12. The van der Waals surface area contributed by atoms with Gasteiger partial charge in [0.1, 0.15) is 79.4 Å². The number of ether oxygens (including phenoxy) is 10. The molecular weight excluding hydrogens is 989 g/mol. The summed E-state index contributed by atoms with van der Waals surface area (Å²) in [7, 11) is 1.67. The molecule has 4 saturated heterocycles. The summed E-state index contributed by atoms with van der Waals surface area (Å²) in [6.45, 7) is 10.9. The van der Waals surface area contributed by atoms with Crippen molar-refractivity contribution in [3.05, 3.63) is 11.6 Å². The molecule has 4 heterocycles. The molecule has 4 aliphatic carbocycles. The Morgan fingerprint density at radius 2 is 1.36 bits per heavy atom. The Morgan fingerprint density at radius 3 is 2.04 bits per heavy atom. The highest BCUT2D eigenvalue weighted by atomic mass is 16.8. The molecule has 12 N–H and O–H groups in total. The number of hydrogen-bond acceptors (Lipinski definition) is 22. The molecule has 29 atom stereocenters. The second kappa shape index (κ2) is 24.5. The van der Waals surface area contributed by atoms with Crippen molar-refractivity contribution in [2.75, 3.05) is 33.5 Å². The van der Waals surface area contributed by atoms with E-state index in [-0.39, 0.29) is 35.9 Å². The molecule has 7 fully saturated rings. The molecule has 8 aliphatic rings. The summed E-state index contributed by atoms with van der Waals surface area (Å²) in [6, 6.07) is 0. The first-order valence-corrected chi connectivity index (χ1v) is 27.6. The maximum atomic E-state index is 11.7. The van der Waals surface area contributed by atoms with Crippen LogP contribution in [0.1, 0.15) is 112 Å². The number of rotatable bonds is 19. The van der Waals surface area contributed by atoms with Crippen molar-refractivity contribution >= 4 is 0 Å². The molecule has 22 nitrogen and oxygen atoms in total. The van der Waals surface area contributed by atoms with Gasteiger partial charge in [-0.15, -0.1) is 0 Å². The summed E-state index contributed by atoms with van der Waals surface area (Å²) in [5.41, 5.74) is 1.21. The number of hydrogen-bond donors (Lipinski definition) is 12. The second-order valence-corrected chi connectivity index (χ2v) is 23.9. The van der Waals surface area contributed by atoms with E-state index in [4.69, 9.17) is 47.4 Å². The molecule has 0 aromatic carbocycles. The predicted molar refractivity (Wildman–Crippen MR) is 260 cm³/mol. The minimum absolute atomic E-state index is 0.0115. The Bertz CT molecular complexity index is 1870. The monoisotopic (exact) mass is 1080 g/mol. The molecule has 8 rings (SSSR count). The van der Waals surface area contributed by atoms with Gasteiger partial charge in [0, 0.05) is 20.0 Å². The van der Waals surface area contributed by atoms with E-state index in [2.05, 4.69) is 26.8 Å². The maximum absolute atomic E-state index is 11.7. The van der Waals surface area contributed by atoms with E-state index >= 15 is 0 Å². The van der Waals surface area contributed by atoms with Crippen molar-refractivity contribution in [1.29, 1.82) is 0 Å². The highest BCUT2D eigenvalue weighted by Crippen LogP contribution is 2.67. The second-order valence-electron chi connectivity index (χ2n) is 23.9. The molecule has 0 spiro atoms. The Kier molecular flexibility index (Phi) is 19.6. The Morgan fingerprint density at radius 1 is 0.707 bits per heavy atom. The standard InChI is InChI=1S/C53H90O22/c1-8-29-33(75-53(6,66-7)16-11-24(2)23-67-48-44(64)43(63)40(60)35(21-55)71-48)18-31-28-10-9-26-17-27(12-14-51(26,4)30(28)13-15-52(29,31)5)69-50-47(74-49-45(65)42(62)38(58)25(3)68-49)46(41(61)36(22-56)72-50)73-37-19-32(57)39(59)34(20-54)70-37/h9,24-25,27-50,54-65H,8,10-23H2,1-7H3. The highest BCUT2D eigenvalue weighted by Gasteiger charge is 2.62. The summed E-state index contributed by atoms with van der Waals surface area (Å²) in [4.78, 5) is 0. The molecule has 0 aromatic rings. The zero-order chi connectivity index (χ0) is 54.5. The van der Waals surface area contributed by atoms with E-state index in [0.717, 1.165) is 38.5 Å². The minimum Gasteiger partial charge on any atom is -0.394 e. The third-order valence-corrected chi connectivity index (χ3v) is 19.3. The van der Waals surface area contributed by atoms with Gasteiger partial charge in [0.2, 0.25) is 0 Å². The van der Waals surface area contributed by atoms with E-state index in [0.29, 0.717) is 49.4 Å². The van der Waals surface area contributed by atoms with Crippen LogP contribution >= 0.6 is 0 Å². The van der Waals surface area contributed by atoms with Gasteiger partial charge in [0.25, 0.3) is 0 Å². The van der Waals surface area contributed by atoms with E-state index in [1.165, 1.54) is 12.5 Å². The SMILES string of the molecule is CCC1C(OC(C)(CCC(C)COC2OC(CO)C(O)C(O)C2O)OC)CC2C3CC=C4CC(OC5OC(CO)C(O)C(OC6CC(O)C(O)C(CO)O6)C5OC5OC(C)C(O)C(O)C5O)CCC4(C)C3CCC12C. The Labute approximate surface area is 440 Å². The number of fused-ring (bicyclic) bond motifs is 5. The van der Waals surface area contributed by atoms with Crippen molar-refractivity contribution in [3.8, 4) is 0 Å². The third-order valence-electron chi connectivity index (χ3n) is 19.3. The third kappa shape index (κ3) is 12.0. The van der Waals surface area contributed by atoms with Crippen LogP contribution in [0.4, 0.5) is 0 Å². The molecule has 3 saturated carbocycles. The van der Waals surface area contributed by atoms with Crippen LogP contribution in [0.3, 0.4) is 0 Å². The van der Waals surface area contributed by atoms with Crippen LogP contribution in [0, 0.1) is 40.4 Å². The van der Waals surface area contributed by atoms with Crippen LogP contribution in [-0.4, -0.2) is 230 Å². The first-order chi connectivity index (χ1) is 35.5. The lowest BCUT2D eigenvalue weighted by molar-refractivity contribution is -0.387. The lowest BCUT2D eigenvalue weighted by Gasteiger charge is -2.58. The topological polar surface area (TPSA) is 335 Å². The van der Waals surface area contributed by atoms with Crippen LogP contribution in [0.2, 0.25) is 0 Å². The average Bonchev–Trinajstić information content (AvgIpc) is 3.68. The highest BCUT2D eigenvalue weighted by molar-refractivity contribution is 5.26. The van der Waals surface area contributed by atoms with Crippen molar-refractivity contribution < 1.29 is 109 Å². The van der Waals surface area contributed by atoms with Crippen molar-refractivity contribution in [1.82, 2.24) is 0 Å². The Hall–Kier alpha value is -1.14. The molecule has 4 aliphatic heterocycles. The molecule has 434 valence electrons. The summed E-state index contributed by atoms with van der Waals surface area (Å²) in [6.07, 6.45) is -16.5. The lowest BCUT2D eigenvalue weighted by atomic mass is 9.47. The van der Waals surface area contributed by atoms with Crippen molar-refractivity contribution in [2.24, 2.45) is 40.4 Å². The van der Waals surface area contributed by atoms with Gasteiger partial charge in [-0.1, -0.05) is 45.8 Å². The molecule has 0 radical (unpaired) electrons. The van der Waals surface area contributed by atoms with Gasteiger partial charge in [-0.05, 0) is 106 Å². The van der Waals surface area contributed by atoms with Gasteiger partial charge in [-0.3, -0.25) is 0 Å². The summed E-state index contributed by atoms with van der Waals surface area (Å²) in [5, 5.41) is 126. The average molecular weight is 1080 g/mol. The number of aliphatic hydroxyl groups excluding tert-OH is 12. The van der Waals surface area contributed by atoms with Crippen LogP contribution in [-0.2, 0) is 47.4 Å². The fraction of sp³-hybridized carbons (Fsp3) is 0.962. The van der Waals surface area contributed by atoms with Crippen molar-refractivity contribution in [2.45, 2.75) is 247 Å². The predicted octanol–water partition coefficient (Wildman–Crippen LogP) is -0.544. The van der Waals surface area contributed by atoms with Gasteiger partial charge < -0.3 is 109 Å². The van der Waals surface area contributed by atoms with Gasteiger partial charge in [0.05, 0.1) is 50.8 Å². The zero-order valence-corrected chi connectivity index (χ0v) is 44.6. The van der Waals surface area contributed by atoms with Gasteiger partial charge in [-0.25, -0.2) is 0 Å². The van der Waals surface area contributed by atoms with E-state index in [1.54, 1.807) is 7.11 Å². The molecule has 0 bridgehead atoms. The first kappa shape index (κ1) is 60.0. The zero-order valence-electron chi connectivity index (χ0n) is 44.6. The maximum Gasteiger partial charge on any atom is 0.187 e. The van der Waals surface area contributed by atoms with Crippen LogP contribution in [0.15, 0.2) is 11.6 Å². The molecule has 0 aromatic heterocycles.